The van der Waals surface area contributed by atoms with E-state index in [9.17, 15) is 4.79 Å². The van der Waals surface area contributed by atoms with Crippen molar-refractivity contribution in [1.82, 2.24) is 0 Å². The maximum absolute atomic E-state index is 10.7. The standard InChI is InChI=1S/C13H23ClO6/c1-2-13(15)20-12-11-19-10-9-18-8-7-17-6-5-16-4-3-14/h2H,1,3-12H2. The molecule has 0 radical (unpaired) electrons. The lowest BCUT2D eigenvalue weighted by molar-refractivity contribution is -0.139. The zero-order chi connectivity index (χ0) is 14.9. The summed E-state index contributed by atoms with van der Waals surface area (Å²) < 4.78 is 25.6. The number of carbonyl (C=O) groups is 1. The molecule has 7 heteroatoms. The highest BCUT2D eigenvalue weighted by Crippen LogP contribution is 1.85. The summed E-state index contributed by atoms with van der Waals surface area (Å²) in [7, 11) is 0. The number of halogens is 1. The van der Waals surface area contributed by atoms with E-state index in [0.29, 0.717) is 58.7 Å². The van der Waals surface area contributed by atoms with Crippen LogP contribution in [0.1, 0.15) is 0 Å². The van der Waals surface area contributed by atoms with Crippen LogP contribution in [0.4, 0.5) is 0 Å². The number of carbonyl (C=O) groups excluding carboxylic acids is 1. The molecule has 6 nitrogen and oxygen atoms in total. The maximum atomic E-state index is 10.7. The summed E-state index contributed by atoms with van der Waals surface area (Å²) >= 11 is 5.44. The van der Waals surface area contributed by atoms with Gasteiger partial charge in [0.2, 0.25) is 0 Å². The highest BCUT2D eigenvalue weighted by atomic mass is 35.5. The summed E-state index contributed by atoms with van der Waals surface area (Å²) in [6.45, 7) is 7.41. The molecule has 0 fully saturated rings. The Labute approximate surface area is 124 Å². The summed E-state index contributed by atoms with van der Waals surface area (Å²) in [4.78, 5) is 10.7. The molecule has 0 aliphatic rings. The third-order valence-electron chi connectivity index (χ3n) is 1.98. The van der Waals surface area contributed by atoms with Gasteiger partial charge < -0.3 is 23.7 Å². The van der Waals surface area contributed by atoms with Gasteiger partial charge in [0.15, 0.2) is 0 Å². The smallest absolute Gasteiger partial charge is 0.330 e. The molecule has 0 aliphatic carbocycles. The van der Waals surface area contributed by atoms with E-state index in [4.69, 9.17) is 35.3 Å². The van der Waals surface area contributed by atoms with E-state index < -0.39 is 5.97 Å². The first-order valence-corrected chi connectivity index (χ1v) is 7.01. The molecule has 118 valence electrons. The van der Waals surface area contributed by atoms with Crippen molar-refractivity contribution in [3.8, 4) is 0 Å². The van der Waals surface area contributed by atoms with Gasteiger partial charge in [-0.2, -0.15) is 0 Å². The van der Waals surface area contributed by atoms with Gasteiger partial charge in [0.05, 0.1) is 52.9 Å². The number of hydrogen-bond acceptors (Lipinski definition) is 6. The molecule has 0 atom stereocenters. The van der Waals surface area contributed by atoms with E-state index in [1.165, 1.54) is 0 Å². The highest BCUT2D eigenvalue weighted by Gasteiger charge is 1.95. The topological polar surface area (TPSA) is 63.2 Å². The lowest BCUT2D eigenvalue weighted by Gasteiger charge is -2.07. The normalized spacial score (nSPS) is 10.4. The summed E-state index contributed by atoms with van der Waals surface area (Å²) in [6, 6.07) is 0. The van der Waals surface area contributed by atoms with Crippen LogP contribution >= 0.6 is 11.6 Å². The van der Waals surface area contributed by atoms with Crippen molar-refractivity contribution in [1.29, 1.82) is 0 Å². The highest BCUT2D eigenvalue weighted by molar-refractivity contribution is 6.17. The lowest BCUT2D eigenvalue weighted by Crippen LogP contribution is -2.14. The van der Waals surface area contributed by atoms with Crippen LogP contribution in [0.3, 0.4) is 0 Å². The van der Waals surface area contributed by atoms with Gasteiger partial charge in [-0.25, -0.2) is 4.79 Å². The summed E-state index contributed by atoms with van der Waals surface area (Å²) in [6.07, 6.45) is 1.11. The van der Waals surface area contributed by atoms with Gasteiger partial charge in [-0.05, 0) is 0 Å². The Morgan fingerprint density at radius 1 is 0.800 bits per heavy atom. The van der Waals surface area contributed by atoms with Crippen molar-refractivity contribution >= 4 is 17.6 Å². The first-order chi connectivity index (χ1) is 9.81. The van der Waals surface area contributed by atoms with Crippen molar-refractivity contribution in [3.05, 3.63) is 12.7 Å². The Morgan fingerprint density at radius 3 is 1.60 bits per heavy atom. The molecular formula is C13H23ClO6. The Bertz CT molecular complexity index is 237. The van der Waals surface area contributed by atoms with E-state index in [-0.39, 0.29) is 6.61 Å². The summed E-state index contributed by atoms with van der Waals surface area (Å²) in [5.74, 6) is 0.0487. The zero-order valence-corrected chi connectivity index (χ0v) is 12.4. The first kappa shape index (κ1) is 19.3. The molecule has 0 saturated heterocycles. The molecule has 0 aliphatic heterocycles. The number of hydrogen-bond donors (Lipinski definition) is 0. The van der Waals surface area contributed by atoms with Gasteiger partial charge in [0, 0.05) is 12.0 Å². The Morgan fingerprint density at radius 2 is 1.20 bits per heavy atom. The fraction of sp³-hybridized carbons (Fsp3) is 0.769. The molecular weight excluding hydrogens is 288 g/mol. The molecule has 0 heterocycles. The van der Waals surface area contributed by atoms with Gasteiger partial charge in [0.25, 0.3) is 0 Å². The quantitative estimate of drug-likeness (QED) is 0.195. The molecule has 0 saturated carbocycles. The van der Waals surface area contributed by atoms with Crippen molar-refractivity contribution in [2.24, 2.45) is 0 Å². The van der Waals surface area contributed by atoms with Crippen LogP contribution in [0, 0.1) is 0 Å². The predicted molar refractivity (Wildman–Crippen MR) is 75.2 cm³/mol. The van der Waals surface area contributed by atoms with Crippen LogP contribution < -0.4 is 0 Å². The Hall–Kier alpha value is -0.660. The number of alkyl halides is 1. The summed E-state index contributed by atoms with van der Waals surface area (Å²) in [5.41, 5.74) is 0. The number of ether oxygens (including phenoxy) is 5. The lowest BCUT2D eigenvalue weighted by atomic mass is 10.6. The maximum Gasteiger partial charge on any atom is 0.330 e. The van der Waals surface area contributed by atoms with Crippen molar-refractivity contribution < 1.29 is 28.5 Å². The van der Waals surface area contributed by atoms with Crippen molar-refractivity contribution in [2.75, 3.05) is 65.3 Å². The third kappa shape index (κ3) is 15.4. The molecule has 0 aromatic carbocycles. The van der Waals surface area contributed by atoms with Crippen molar-refractivity contribution in [3.63, 3.8) is 0 Å². The van der Waals surface area contributed by atoms with Crippen LogP contribution in [0.15, 0.2) is 12.7 Å². The first-order valence-electron chi connectivity index (χ1n) is 6.47. The molecule has 0 aromatic heterocycles. The second-order valence-corrected chi connectivity index (χ2v) is 3.89. The molecule has 0 N–H and O–H groups in total. The van der Waals surface area contributed by atoms with Gasteiger partial charge >= 0.3 is 5.97 Å². The van der Waals surface area contributed by atoms with Crippen molar-refractivity contribution in [2.45, 2.75) is 0 Å². The molecule has 0 spiro atoms. The predicted octanol–water partition coefficient (Wildman–Crippen LogP) is 1.02. The van der Waals surface area contributed by atoms with Gasteiger partial charge in [-0.3, -0.25) is 0 Å². The zero-order valence-electron chi connectivity index (χ0n) is 11.7. The molecule has 0 rings (SSSR count). The Kier molecular flexibility index (Phi) is 15.9. The molecule has 0 amide bonds. The van der Waals surface area contributed by atoms with Gasteiger partial charge in [0.1, 0.15) is 6.61 Å². The summed E-state index contributed by atoms with van der Waals surface area (Å²) in [5, 5.41) is 0. The van der Waals surface area contributed by atoms with E-state index in [1.54, 1.807) is 0 Å². The largest absolute Gasteiger partial charge is 0.460 e. The number of esters is 1. The van der Waals surface area contributed by atoms with Crippen LogP contribution in [0.2, 0.25) is 0 Å². The second-order valence-electron chi connectivity index (χ2n) is 3.51. The molecule has 20 heavy (non-hydrogen) atoms. The Balaban J connectivity index is 2.99. The van der Waals surface area contributed by atoms with E-state index >= 15 is 0 Å². The fourth-order valence-corrected chi connectivity index (χ4v) is 1.19. The monoisotopic (exact) mass is 310 g/mol. The minimum atomic E-state index is -0.447. The fourth-order valence-electron chi connectivity index (χ4n) is 1.08. The third-order valence-corrected chi connectivity index (χ3v) is 2.13. The van der Waals surface area contributed by atoms with Crippen LogP contribution in [-0.4, -0.2) is 71.3 Å². The molecule has 0 bridgehead atoms. The molecule has 0 unspecified atom stereocenters. The van der Waals surface area contributed by atoms with E-state index in [2.05, 4.69) is 6.58 Å². The van der Waals surface area contributed by atoms with E-state index in [0.717, 1.165) is 6.08 Å². The average molecular weight is 311 g/mol. The van der Waals surface area contributed by atoms with Gasteiger partial charge in [-0.1, -0.05) is 6.58 Å². The van der Waals surface area contributed by atoms with Crippen LogP contribution in [-0.2, 0) is 28.5 Å². The van der Waals surface area contributed by atoms with E-state index in [1.807, 2.05) is 0 Å². The molecule has 0 aromatic rings. The minimum absolute atomic E-state index is 0.219. The van der Waals surface area contributed by atoms with Gasteiger partial charge in [-0.15, -0.1) is 11.6 Å². The minimum Gasteiger partial charge on any atom is -0.460 e. The van der Waals surface area contributed by atoms with Crippen LogP contribution in [0.25, 0.3) is 0 Å². The SMILES string of the molecule is C=CC(=O)OCCOCCOCCOCCOCCCl. The number of rotatable bonds is 15. The average Bonchev–Trinajstić information content (AvgIpc) is 2.47. The second kappa shape index (κ2) is 16.4. The van der Waals surface area contributed by atoms with Crippen LogP contribution in [0.5, 0.6) is 0 Å².